The van der Waals surface area contributed by atoms with Crippen LogP contribution in [0.25, 0.3) is 0 Å². The molecule has 0 aliphatic heterocycles. The molecule has 0 aliphatic carbocycles. The fourth-order valence-corrected chi connectivity index (χ4v) is 3.12. The van der Waals surface area contributed by atoms with Gasteiger partial charge in [0.2, 0.25) is 0 Å². The van der Waals surface area contributed by atoms with Crippen LogP contribution in [0, 0.1) is 6.42 Å². The first-order chi connectivity index (χ1) is 11.9. The van der Waals surface area contributed by atoms with Crippen LogP contribution < -0.4 is 0 Å². The normalized spacial score (nSPS) is 11.4. The molecule has 0 bridgehead atoms. The second-order valence-electron chi connectivity index (χ2n) is 7.04. The third-order valence-electron chi connectivity index (χ3n) is 4.70. The van der Waals surface area contributed by atoms with Crippen LogP contribution in [0.2, 0.25) is 0 Å². The van der Waals surface area contributed by atoms with E-state index in [0.717, 1.165) is 0 Å². The van der Waals surface area contributed by atoms with Gasteiger partial charge in [-0.25, -0.2) is 0 Å². The maximum atomic E-state index is 2.31. The summed E-state index contributed by atoms with van der Waals surface area (Å²) >= 11 is 0. The van der Waals surface area contributed by atoms with Gasteiger partial charge in [0, 0.05) is 6.42 Å². The van der Waals surface area contributed by atoms with Gasteiger partial charge in [-0.05, 0) is 18.4 Å². The zero-order valence-corrected chi connectivity index (χ0v) is 16.0. The number of hydrogen-bond donors (Lipinski definition) is 0. The van der Waals surface area contributed by atoms with Gasteiger partial charge in [-0.1, -0.05) is 126 Å². The SMILES string of the molecule is CCCCCCCCCCCCCCCC=C[CH]c1ccccc1. The number of benzene rings is 1. The molecule has 0 spiro atoms. The van der Waals surface area contributed by atoms with Crippen LogP contribution in [0.4, 0.5) is 0 Å². The summed E-state index contributed by atoms with van der Waals surface area (Å²) in [7, 11) is 0. The van der Waals surface area contributed by atoms with Crippen LogP contribution >= 0.6 is 0 Å². The molecule has 0 aromatic heterocycles. The number of hydrogen-bond acceptors (Lipinski definition) is 0. The van der Waals surface area contributed by atoms with E-state index in [-0.39, 0.29) is 0 Å². The Hall–Kier alpha value is -1.04. The predicted octanol–water partition coefficient (Wildman–Crippen LogP) is 8.28. The van der Waals surface area contributed by atoms with Crippen molar-refractivity contribution in [1.29, 1.82) is 0 Å². The van der Waals surface area contributed by atoms with Crippen LogP contribution in [0.15, 0.2) is 42.5 Å². The molecule has 135 valence electrons. The van der Waals surface area contributed by atoms with Crippen molar-refractivity contribution in [2.75, 3.05) is 0 Å². The van der Waals surface area contributed by atoms with E-state index in [1.165, 1.54) is 95.5 Å². The Bertz CT molecular complexity index is 376. The zero-order chi connectivity index (χ0) is 17.1. The Morgan fingerprint density at radius 2 is 1.12 bits per heavy atom. The lowest BCUT2D eigenvalue weighted by molar-refractivity contribution is 0.540. The van der Waals surface area contributed by atoms with Crippen LogP contribution in [0.5, 0.6) is 0 Å². The van der Waals surface area contributed by atoms with E-state index in [1.54, 1.807) is 0 Å². The van der Waals surface area contributed by atoms with Crippen LogP contribution in [0.3, 0.4) is 0 Å². The summed E-state index contributed by atoms with van der Waals surface area (Å²) in [4.78, 5) is 0. The van der Waals surface area contributed by atoms with Crippen molar-refractivity contribution in [3.8, 4) is 0 Å². The Morgan fingerprint density at radius 3 is 1.67 bits per heavy atom. The number of unbranched alkanes of at least 4 members (excludes halogenated alkanes) is 13. The quantitative estimate of drug-likeness (QED) is 0.268. The summed E-state index contributed by atoms with van der Waals surface area (Å²) in [5.74, 6) is 0. The number of allylic oxidation sites excluding steroid dienone is 2. The largest absolute Gasteiger partial charge is 0.0879 e. The highest BCUT2D eigenvalue weighted by molar-refractivity contribution is 5.27. The standard InChI is InChI=1S/C24H39/c1-2-3-4-5-6-7-8-9-10-11-12-13-14-15-16-18-21-24-22-19-17-20-23-24/h16-23H,2-15H2,1H3. The lowest BCUT2D eigenvalue weighted by atomic mass is 10.0. The van der Waals surface area contributed by atoms with E-state index in [4.69, 9.17) is 0 Å². The summed E-state index contributed by atoms with van der Waals surface area (Å²) < 4.78 is 0. The highest BCUT2D eigenvalue weighted by Crippen LogP contribution is 2.13. The minimum atomic E-state index is 1.22. The van der Waals surface area contributed by atoms with E-state index < -0.39 is 0 Å². The molecular weight excluding hydrogens is 288 g/mol. The maximum absolute atomic E-state index is 2.31. The third kappa shape index (κ3) is 13.4. The Labute approximate surface area is 151 Å². The summed E-state index contributed by atoms with van der Waals surface area (Å²) in [6.07, 6.45) is 26.5. The highest BCUT2D eigenvalue weighted by atomic mass is 14.0. The first kappa shape index (κ1) is 21.0. The topological polar surface area (TPSA) is 0 Å². The minimum Gasteiger partial charge on any atom is -0.0879 e. The monoisotopic (exact) mass is 327 g/mol. The summed E-state index contributed by atoms with van der Waals surface area (Å²) in [6, 6.07) is 10.5. The van der Waals surface area contributed by atoms with Gasteiger partial charge in [0.25, 0.3) is 0 Å². The molecule has 0 saturated heterocycles. The number of rotatable bonds is 16. The van der Waals surface area contributed by atoms with Gasteiger partial charge in [0.1, 0.15) is 0 Å². The van der Waals surface area contributed by atoms with Gasteiger partial charge in [-0.3, -0.25) is 0 Å². The van der Waals surface area contributed by atoms with Crippen molar-refractivity contribution >= 4 is 0 Å². The maximum Gasteiger partial charge on any atom is 0.0121 e. The van der Waals surface area contributed by atoms with Gasteiger partial charge in [0.05, 0.1) is 0 Å². The summed E-state index contributed by atoms with van der Waals surface area (Å²) in [5, 5.41) is 0. The van der Waals surface area contributed by atoms with E-state index in [1.807, 2.05) is 0 Å². The third-order valence-corrected chi connectivity index (χ3v) is 4.70. The van der Waals surface area contributed by atoms with Crippen LogP contribution in [0.1, 0.15) is 102 Å². The molecular formula is C24H39. The molecule has 24 heavy (non-hydrogen) atoms. The van der Waals surface area contributed by atoms with Crippen molar-refractivity contribution in [3.05, 3.63) is 54.5 Å². The first-order valence-electron chi connectivity index (χ1n) is 10.5. The smallest absolute Gasteiger partial charge is 0.0121 e. The molecule has 0 heterocycles. The Balaban J connectivity index is 1.76. The molecule has 1 radical (unpaired) electrons. The van der Waals surface area contributed by atoms with Gasteiger partial charge < -0.3 is 0 Å². The van der Waals surface area contributed by atoms with E-state index in [0.29, 0.717) is 0 Å². The molecule has 1 aromatic carbocycles. The second-order valence-corrected chi connectivity index (χ2v) is 7.04. The highest BCUT2D eigenvalue weighted by Gasteiger charge is 1.93. The average molecular weight is 328 g/mol. The van der Waals surface area contributed by atoms with E-state index in [9.17, 15) is 0 Å². The average Bonchev–Trinajstić information content (AvgIpc) is 2.62. The molecule has 0 atom stereocenters. The summed E-state index contributed by atoms with van der Waals surface area (Å²) in [6.45, 7) is 2.29. The molecule has 0 nitrogen and oxygen atoms in total. The van der Waals surface area contributed by atoms with E-state index in [2.05, 4.69) is 55.8 Å². The van der Waals surface area contributed by atoms with Crippen LogP contribution in [-0.4, -0.2) is 0 Å². The fraction of sp³-hybridized carbons (Fsp3) is 0.625. The zero-order valence-electron chi connectivity index (χ0n) is 16.0. The van der Waals surface area contributed by atoms with Gasteiger partial charge >= 0.3 is 0 Å². The molecule has 1 aromatic rings. The molecule has 0 N–H and O–H groups in total. The van der Waals surface area contributed by atoms with Crippen molar-refractivity contribution < 1.29 is 0 Å². The first-order valence-corrected chi connectivity index (χ1v) is 10.5. The molecule has 0 amide bonds. The Morgan fingerprint density at radius 1 is 0.625 bits per heavy atom. The lowest BCUT2D eigenvalue weighted by Gasteiger charge is -2.02. The fourth-order valence-electron chi connectivity index (χ4n) is 3.12. The van der Waals surface area contributed by atoms with Gasteiger partial charge in [-0.15, -0.1) is 0 Å². The molecule has 0 fully saturated rings. The van der Waals surface area contributed by atoms with Crippen LogP contribution in [-0.2, 0) is 0 Å². The molecule has 1 rings (SSSR count). The van der Waals surface area contributed by atoms with E-state index >= 15 is 0 Å². The molecule has 0 saturated carbocycles. The predicted molar refractivity (Wildman–Crippen MR) is 109 cm³/mol. The minimum absolute atomic E-state index is 1.22. The lowest BCUT2D eigenvalue weighted by Crippen LogP contribution is -1.82. The van der Waals surface area contributed by atoms with Crippen molar-refractivity contribution in [2.24, 2.45) is 0 Å². The molecule has 0 heteroatoms. The second kappa shape index (κ2) is 16.8. The van der Waals surface area contributed by atoms with Crippen molar-refractivity contribution in [3.63, 3.8) is 0 Å². The summed E-state index contributed by atoms with van der Waals surface area (Å²) in [5.41, 5.74) is 1.29. The van der Waals surface area contributed by atoms with Crippen molar-refractivity contribution in [1.82, 2.24) is 0 Å². The van der Waals surface area contributed by atoms with Gasteiger partial charge in [0.15, 0.2) is 0 Å². The Kier molecular flexibility index (Phi) is 14.7. The van der Waals surface area contributed by atoms with Crippen molar-refractivity contribution in [2.45, 2.75) is 96.8 Å². The molecule has 0 aliphatic rings. The van der Waals surface area contributed by atoms with Gasteiger partial charge in [-0.2, -0.15) is 0 Å². The molecule has 0 unspecified atom stereocenters.